The molecule has 0 aromatic carbocycles. The zero-order valence-electron chi connectivity index (χ0n) is 4.34. The third-order valence-electron chi connectivity index (χ3n) is 0.352. The third-order valence-corrected chi connectivity index (χ3v) is 1.05. The normalized spacial score (nSPS) is 8.78. The maximum Gasteiger partial charge on any atom is 0.285 e. The first-order valence-electron chi connectivity index (χ1n) is 1.81. The summed E-state index contributed by atoms with van der Waals surface area (Å²) in [7, 11) is 0. The molecule has 6 heteroatoms. The fraction of sp³-hybridized carbons (Fsp3) is 0.667. The van der Waals surface area contributed by atoms with Gasteiger partial charge in [-0.05, 0) is 0 Å². The highest BCUT2D eigenvalue weighted by atomic mass is 35.5. The summed E-state index contributed by atoms with van der Waals surface area (Å²) in [6, 6.07) is 0. The van der Waals surface area contributed by atoms with Crippen molar-refractivity contribution < 1.29 is 13.6 Å². The average Bonchev–Trinajstić information content (AvgIpc) is 1.61. The molecule has 2 N–H and O–H groups in total. The minimum atomic E-state index is -2.50. The fourth-order valence-corrected chi connectivity index (χ4v) is 0.435. The number of primary amides is 1. The molecule has 0 saturated heterocycles. The SMILES string of the molecule is Cl.NC(=O)CSC(F)F. The molecule has 0 aliphatic rings. The van der Waals surface area contributed by atoms with Crippen molar-refractivity contribution in [3.63, 3.8) is 0 Å². The van der Waals surface area contributed by atoms with E-state index in [1.54, 1.807) is 0 Å². The molecule has 0 unspecified atom stereocenters. The van der Waals surface area contributed by atoms with Crippen LogP contribution in [0.5, 0.6) is 0 Å². The lowest BCUT2D eigenvalue weighted by molar-refractivity contribution is -0.115. The molecular formula is C3H6ClF2NOS. The van der Waals surface area contributed by atoms with E-state index in [0.717, 1.165) is 0 Å². The van der Waals surface area contributed by atoms with Crippen molar-refractivity contribution in [1.82, 2.24) is 0 Å². The number of nitrogens with two attached hydrogens (primary N) is 1. The van der Waals surface area contributed by atoms with Crippen LogP contribution in [0.1, 0.15) is 0 Å². The molecule has 9 heavy (non-hydrogen) atoms. The lowest BCUT2D eigenvalue weighted by Gasteiger charge is -1.91. The monoisotopic (exact) mass is 177 g/mol. The molecule has 0 saturated carbocycles. The second-order valence-corrected chi connectivity index (χ2v) is 2.02. The molecule has 0 fully saturated rings. The van der Waals surface area contributed by atoms with Crippen LogP contribution in [0, 0.1) is 0 Å². The Balaban J connectivity index is 0. The van der Waals surface area contributed by atoms with E-state index < -0.39 is 11.7 Å². The van der Waals surface area contributed by atoms with Gasteiger partial charge in [0.1, 0.15) is 0 Å². The molecule has 0 aromatic heterocycles. The summed E-state index contributed by atoms with van der Waals surface area (Å²) in [6.07, 6.45) is 0. The summed E-state index contributed by atoms with van der Waals surface area (Å²) in [5.41, 5.74) is 4.55. The minimum Gasteiger partial charge on any atom is -0.369 e. The van der Waals surface area contributed by atoms with Crippen LogP contribution in [-0.2, 0) is 4.79 Å². The maximum absolute atomic E-state index is 11.2. The van der Waals surface area contributed by atoms with Crippen molar-refractivity contribution in [2.24, 2.45) is 5.73 Å². The Bertz CT molecular complexity index is 91.9. The number of hydrogen-bond acceptors (Lipinski definition) is 2. The molecule has 0 aliphatic carbocycles. The first-order chi connectivity index (χ1) is 3.63. The van der Waals surface area contributed by atoms with Gasteiger partial charge in [-0.3, -0.25) is 4.79 Å². The molecule has 0 radical (unpaired) electrons. The molecule has 0 heterocycles. The van der Waals surface area contributed by atoms with Gasteiger partial charge in [-0.2, -0.15) is 8.78 Å². The number of carbonyl (C=O) groups excluding carboxylic acids is 1. The number of halogens is 3. The fourth-order valence-electron chi connectivity index (χ4n) is 0.145. The van der Waals surface area contributed by atoms with Crippen LogP contribution in [0.4, 0.5) is 8.78 Å². The number of carbonyl (C=O) groups is 1. The largest absolute Gasteiger partial charge is 0.369 e. The zero-order valence-corrected chi connectivity index (χ0v) is 5.98. The smallest absolute Gasteiger partial charge is 0.285 e. The third kappa shape index (κ3) is 11.5. The second-order valence-electron chi connectivity index (χ2n) is 1.04. The molecule has 1 amide bonds. The molecule has 2 nitrogen and oxygen atoms in total. The lowest BCUT2D eigenvalue weighted by atomic mass is 10.8. The van der Waals surface area contributed by atoms with E-state index in [1.807, 2.05) is 0 Å². The van der Waals surface area contributed by atoms with Crippen molar-refractivity contribution in [2.75, 3.05) is 5.75 Å². The van der Waals surface area contributed by atoms with Gasteiger partial charge in [-0.25, -0.2) is 0 Å². The van der Waals surface area contributed by atoms with Crippen LogP contribution in [0.15, 0.2) is 0 Å². The van der Waals surface area contributed by atoms with E-state index >= 15 is 0 Å². The first kappa shape index (κ1) is 11.7. The van der Waals surface area contributed by atoms with Gasteiger partial charge >= 0.3 is 0 Å². The summed E-state index contributed by atoms with van der Waals surface area (Å²) < 4.78 is 22.3. The summed E-state index contributed by atoms with van der Waals surface area (Å²) >= 11 is 0.231. The van der Waals surface area contributed by atoms with Gasteiger partial charge in [0.05, 0.1) is 5.75 Å². The highest BCUT2D eigenvalue weighted by molar-refractivity contribution is 8.00. The molecule has 0 spiro atoms. The zero-order chi connectivity index (χ0) is 6.57. The van der Waals surface area contributed by atoms with Gasteiger partial charge in [-0.15, -0.1) is 12.4 Å². The molecular weight excluding hydrogens is 172 g/mol. The highest BCUT2D eigenvalue weighted by Gasteiger charge is 2.03. The first-order valence-corrected chi connectivity index (χ1v) is 2.86. The van der Waals surface area contributed by atoms with Crippen molar-refractivity contribution in [3.05, 3.63) is 0 Å². The molecule has 0 aliphatic heterocycles. The Morgan fingerprint density at radius 2 is 2.11 bits per heavy atom. The number of thioether (sulfide) groups is 1. The Morgan fingerprint density at radius 1 is 1.67 bits per heavy atom. The van der Waals surface area contributed by atoms with Crippen molar-refractivity contribution >= 4 is 30.1 Å². The summed E-state index contributed by atoms with van der Waals surface area (Å²) in [4.78, 5) is 9.77. The Kier molecular flexibility index (Phi) is 7.94. The van der Waals surface area contributed by atoms with Gasteiger partial charge in [0, 0.05) is 0 Å². The highest BCUT2D eigenvalue weighted by Crippen LogP contribution is 2.11. The molecule has 0 bridgehead atoms. The number of rotatable bonds is 3. The van der Waals surface area contributed by atoms with Crippen LogP contribution < -0.4 is 5.73 Å². The van der Waals surface area contributed by atoms with Gasteiger partial charge in [0.25, 0.3) is 5.76 Å². The van der Waals surface area contributed by atoms with Crippen molar-refractivity contribution in [1.29, 1.82) is 0 Å². The molecule has 0 atom stereocenters. The Morgan fingerprint density at radius 3 is 2.22 bits per heavy atom. The van der Waals surface area contributed by atoms with Crippen LogP contribution >= 0.6 is 24.2 Å². The van der Waals surface area contributed by atoms with Crippen molar-refractivity contribution in [3.8, 4) is 0 Å². The number of hydrogen-bond donors (Lipinski definition) is 1. The quantitative estimate of drug-likeness (QED) is 0.695. The predicted molar refractivity (Wildman–Crippen MR) is 34.9 cm³/mol. The summed E-state index contributed by atoms with van der Waals surface area (Å²) in [5.74, 6) is -3.52. The number of alkyl halides is 2. The van der Waals surface area contributed by atoms with E-state index in [1.165, 1.54) is 0 Å². The van der Waals surface area contributed by atoms with E-state index in [2.05, 4.69) is 5.73 Å². The van der Waals surface area contributed by atoms with E-state index in [4.69, 9.17) is 0 Å². The topological polar surface area (TPSA) is 43.1 Å². The summed E-state index contributed by atoms with van der Waals surface area (Å²) in [5, 5.41) is 0. The predicted octanol–water partition coefficient (Wildman–Crippen LogP) is 0.849. The second kappa shape index (κ2) is 6.10. The van der Waals surface area contributed by atoms with Gasteiger partial charge in [0.15, 0.2) is 0 Å². The van der Waals surface area contributed by atoms with E-state index in [0.29, 0.717) is 0 Å². The molecule has 0 rings (SSSR count). The summed E-state index contributed by atoms with van der Waals surface area (Å²) in [6.45, 7) is 0. The van der Waals surface area contributed by atoms with Gasteiger partial charge < -0.3 is 5.73 Å². The van der Waals surface area contributed by atoms with Crippen LogP contribution in [0.2, 0.25) is 0 Å². The lowest BCUT2D eigenvalue weighted by Crippen LogP contribution is -2.13. The Labute approximate surface area is 61.6 Å². The van der Waals surface area contributed by atoms with E-state index in [9.17, 15) is 13.6 Å². The van der Waals surface area contributed by atoms with Gasteiger partial charge in [0.2, 0.25) is 5.91 Å². The maximum atomic E-state index is 11.2. The van der Waals surface area contributed by atoms with Crippen LogP contribution in [-0.4, -0.2) is 17.4 Å². The standard InChI is InChI=1S/C3H5F2NOS.ClH/c4-3(5)8-1-2(6)7;/h3H,1H2,(H2,6,7);1H. The average molecular weight is 178 g/mol. The number of amides is 1. The Hall–Kier alpha value is -0.0300. The molecule has 56 valence electrons. The van der Waals surface area contributed by atoms with E-state index in [-0.39, 0.29) is 29.9 Å². The van der Waals surface area contributed by atoms with Gasteiger partial charge in [-0.1, -0.05) is 11.8 Å². The minimum absolute atomic E-state index is 0. The van der Waals surface area contributed by atoms with Crippen LogP contribution in [0.3, 0.4) is 0 Å². The van der Waals surface area contributed by atoms with Crippen molar-refractivity contribution in [2.45, 2.75) is 5.76 Å². The van der Waals surface area contributed by atoms with Crippen LogP contribution in [0.25, 0.3) is 0 Å². The molecule has 0 aromatic rings.